The fourth-order valence-corrected chi connectivity index (χ4v) is 1.97. The second-order valence-electron chi connectivity index (χ2n) is 4.64. The molecule has 1 aromatic carbocycles. The zero-order valence-electron chi connectivity index (χ0n) is 11.2. The van der Waals surface area contributed by atoms with Crippen LogP contribution in [0.5, 0.6) is 0 Å². The van der Waals surface area contributed by atoms with E-state index in [1.54, 1.807) is 0 Å². The highest BCUT2D eigenvalue weighted by Gasteiger charge is 2.34. The molecule has 19 heavy (non-hydrogen) atoms. The summed E-state index contributed by atoms with van der Waals surface area (Å²) < 4.78 is 25.8. The highest BCUT2D eigenvalue weighted by atomic mass is 19.2. The van der Waals surface area contributed by atoms with E-state index in [1.807, 2.05) is 13.8 Å². The van der Waals surface area contributed by atoms with Crippen molar-refractivity contribution >= 4 is 5.97 Å². The standard InChI is InChI=1S/C14H19F2NO2/c1-3-14(4-2,13(18)19)9-17-8-10-5-6-11(15)12(16)7-10/h5-7,17H,3-4,8-9H2,1-2H3,(H,18,19). The molecule has 0 spiro atoms. The Morgan fingerprint density at radius 1 is 1.26 bits per heavy atom. The second-order valence-corrected chi connectivity index (χ2v) is 4.64. The van der Waals surface area contributed by atoms with E-state index in [1.165, 1.54) is 6.07 Å². The third-order valence-corrected chi connectivity index (χ3v) is 3.58. The lowest BCUT2D eigenvalue weighted by molar-refractivity contribution is -0.149. The Balaban J connectivity index is 2.61. The molecule has 0 unspecified atom stereocenters. The predicted molar refractivity (Wildman–Crippen MR) is 68.7 cm³/mol. The van der Waals surface area contributed by atoms with Crippen molar-refractivity contribution in [2.75, 3.05) is 6.54 Å². The van der Waals surface area contributed by atoms with Crippen molar-refractivity contribution in [3.63, 3.8) is 0 Å². The summed E-state index contributed by atoms with van der Waals surface area (Å²) in [6, 6.07) is 3.66. The van der Waals surface area contributed by atoms with E-state index in [0.717, 1.165) is 12.1 Å². The minimum atomic E-state index is -0.894. The summed E-state index contributed by atoms with van der Waals surface area (Å²) in [5.41, 5.74) is -0.219. The Labute approximate surface area is 111 Å². The lowest BCUT2D eigenvalue weighted by atomic mass is 9.82. The summed E-state index contributed by atoms with van der Waals surface area (Å²) in [5.74, 6) is -2.61. The zero-order valence-corrected chi connectivity index (χ0v) is 11.2. The molecule has 0 aliphatic carbocycles. The van der Waals surface area contributed by atoms with Crippen molar-refractivity contribution in [2.45, 2.75) is 33.2 Å². The third kappa shape index (κ3) is 3.73. The average Bonchev–Trinajstić information content (AvgIpc) is 2.39. The molecule has 3 nitrogen and oxygen atoms in total. The highest BCUT2D eigenvalue weighted by molar-refractivity contribution is 5.74. The summed E-state index contributed by atoms with van der Waals surface area (Å²) in [5, 5.41) is 12.3. The summed E-state index contributed by atoms with van der Waals surface area (Å²) in [6.07, 6.45) is 1.03. The van der Waals surface area contributed by atoms with Gasteiger partial charge in [0.15, 0.2) is 11.6 Å². The number of carboxylic acid groups (broad SMARTS) is 1. The summed E-state index contributed by atoms with van der Waals surface area (Å²) in [4.78, 5) is 11.3. The number of nitrogens with one attached hydrogen (secondary N) is 1. The Hall–Kier alpha value is -1.49. The molecule has 106 valence electrons. The quantitative estimate of drug-likeness (QED) is 0.801. The second kappa shape index (κ2) is 6.61. The van der Waals surface area contributed by atoms with Crippen molar-refractivity contribution in [1.82, 2.24) is 5.32 Å². The van der Waals surface area contributed by atoms with Crippen LogP contribution in [0, 0.1) is 17.0 Å². The maximum Gasteiger partial charge on any atom is 0.310 e. The van der Waals surface area contributed by atoms with Gasteiger partial charge in [0.25, 0.3) is 0 Å². The molecule has 1 rings (SSSR count). The molecular formula is C14H19F2NO2. The predicted octanol–water partition coefficient (Wildman–Crippen LogP) is 2.95. The normalized spacial score (nSPS) is 11.6. The maximum absolute atomic E-state index is 13.0. The van der Waals surface area contributed by atoms with E-state index in [9.17, 15) is 18.7 Å². The SMILES string of the molecule is CCC(CC)(CNCc1ccc(F)c(F)c1)C(=O)O. The van der Waals surface area contributed by atoms with Crippen molar-refractivity contribution < 1.29 is 18.7 Å². The number of carboxylic acids is 1. The van der Waals surface area contributed by atoms with E-state index in [2.05, 4.69) is 5.32 Å². The summed E-state index contributed by atoms with van der Waals surface area (Å²) in [7, 11) is 0. The van der Waals surface area contributed by atoms with Crippen molar-refractivity contribution in [3.8, 4) is 0 Å². The van der Waals surface area contributed by atoms with Gasteiger partial charge in [-0.1, -0.05) is 19.9 Å². The summed E-state index contributed by atoms with van der Waals surface area (Å²) in [6.45, 7) is 4.27. The maximum atomic E-state index is 13.0. The first kappa shape index (κ1) is 15.6. The van der Waals surface area contributed by atoms with Crippen LogP contribution >= 0.6 is 0 Å². The molecule has 0 saturated heterocycles. The van der Waals surface area contributed by atoms with Gasteiger partial charge in [0.05, 0.1) is 5.41 Å². The van der Waals surface area contributed by atoms with Gasteiger partial charge in [0, 0.05) is 13.1 Å². The molecule has 0 atom stereocenters. The van der Waals surface area contributed by atoms with Crippen LogP contribution in [0.3, 0.4) is 0 Å². The minimum absolute atomic E-state index is 0.300. The first-order valence-electron chi connectivity index (χ1n) is 6.33. The molecule has 0 bridgehead atoms. The van der Waals surface area contributed by atoms with Gasteiger partial charge in [-0.2, -0.15) is 0 Å². The van der Waals surface area contributed by atoms with E-state index in [0.29, 0.717) is 31.5 Å². The van der Waals surface area contributed by atoms with E-state index >= 15 is 0 Å². The van der Waals surface area contributed by atoms with Gasteiger partial charge >= 0.3 is 5.97 Å². The Kier molecular flexibility index (Phi) is 5.42. The number of aliphatic carboxylic acids is 1. The molecule has 0 aliphatic heterocycles. The number of carbonyl (C=O) groups is 1. The Morgan fingerprint density at radius 3 is 2.37 bits per heavy atom. The zero-order chi connectivity index (χ0) is 14.5. The molecule has 2 N–H and O–H groups in total. The molecule has 0 aromatic heterocycles. The molecular weight excluding hydrogens is 252 g/mol. The fraction of sp³-hybridized carbons (Fsp3) is 0.500. The lowest BCUT2D eigenvalue weighted by Crippen LogP contribution is -2.40. The van der Waals surface area contributed by atoms with Crippen LogP contribution in [0.2, 0.25) is 0 Å². The van der Waals surface area contributed by atoms with Crippen LogP contribution in [-0.4, -0.2) is 17.6 Å². The van der Waals surface area contributed by atoms with Gasteiger partial charge in [0.2, 0.25) is 0 Å². The topological polar surface area (TPSA) is 49.3 Å². The smallest absolute Gasteiger partial charge is 0.310 e. The molecule has 0 amide bonds. The third-order valence-electron chi connectivity index (χ3n) is 3.58. The Bertz CT molecular complexity index is 445. The number of rotatable bonds is 7. The van der Waals surface area contributed by atoms with Gasteiger partial charge in [-0.25, -0.2) is 8.78 Å². The van der Waals surface area contributed by atoms with Crippen molar-refractivity contribution in [1.29, 1.82) is 0 Å². The van der Waals surface area contributed by atoms with E-state index in [4.69, 9.17) is 0 Å². The van der Waals surface area contributed by atoms with Crippen LogP contribution in [0.1, 0.15) is 32.3 Å². The fourth-order valence-electron chi connectivity index (χ4n) is 1.97. The van der Waals surface area contributed by atoms with Crippen LogP contribution in [0.15, 0.2) is 18.2 Å². The molecule has 1 aromatic rings. The van der Waals surface area contributed by atoms with Gasteiger partial charge in [-0.05, 0) is 30.5 Å². The molecule has 0 aliphatic rings. The van der Waals surface area contributed by atoms with E-state index < -0.39 is 23.0 Å². The monoisotopic (exact) mass is 271 g/mol. The first-order chi connectivity index (χ1) is 8.95. The van der Waals surface area contributed by atoms with Gasteiger partial charge < -0.3 is 10.4 Å². The minimum Gasteiger partial charge on any atom is -0.481 e. The number of halogens is 2. The average molecular weight is 271 g/mol. The van der Waals surface area contributed by atoms with Gasteiger partial charge in [-0.15, -0.1) is 0 Å². The number of hydrogen-bond acceptors (Lipinski definition) is 2. The summed E-state index contributed by atoms with van der Waals surface area (Å²) >= 11 is 0. The number of hydrogen-bond donors (Lipinski definition) is 2. The number of benzene rings is 1. The van der Waals surface area contributed by atoms with E-state index in [-0.39, 0.29) is 0 Å². The van der Waals surface area contributed by atoms with Gasteiger partial charge in [0.1, 0.15) is 0 Å². The highest BCUT2D eigenvalue weighted by Crippen LogP contribution is 2.25. The van der Waals surface area contributed by atoms with Crippen molar-refractivity contribution in [3.05, 3.63) is 35.4 Å². The van der Waals surface area contributed by atoms with Crippen LogP contribution in [-0.2, 0) is 11.3 Å². The van der Waals surface area contributed by atoms with Gasteiger partial charge in [-0.3, -0.25) is 4.79 Å². The van der Waals surface area contributed by atoms with Crippen LogP contribution < -0.4 is 5.32 Å². The van der Waals surface area contributed by atoms with Crippen LogP contribution in [0.4, 0.5) is 8.78 Å². The Morgan fingerprint density at radius 2 is 1.89 bits per heavy atom. The molecule has 0 saturated carbocycles. The molecule has 0 fully saturated rings. The molecule has 0 radical (unpaired) electrons. The van der Waals surface area contributed by atoms with Crippen molar-refractivity contribution in [2.24, 2.45) is 5.41 Å². The molecule has 5 heteroatoms. The largest absolute Gasteiger partial charge is 0.481 e. The lowest BCUT2D eigenvalue weighted by Gasteiger charge is -2.27. The van der Waals surface area contributed by atoms with Crippen LogP contribution in [0.25, 0.3) is 0 Å². The first-order valence-corrected chi connectivity index (χ1v) is 6.33. The molecule has 0 heterocycles.